The van der Waals surface area contributed by atoms with Gasteiger partial charge < -0.3 is 37.3 Å². The lowest BCUT2D eigenvalue weighted by Gasteiger charge is -2.42. The second kappa shape index (κ2) is 22.1. The summed E-state index contributed by atoms with van der Waals surface area (Å²) in [6.45, 7) is 19.3. The Balaban J connectivity index is 1.74. The lowest BCUT2D eigenvalue weighted by molar-refractivity contribution is -0.0808. The summed E-state index contributed by atoms with van der Waals surface area (Å²) >= 11 is 0. The van der Waals surface area contributed by atoms with Crippen molar-refractivity contribution in [1.29, 1.82) is 5.26 Å². The Labute approximate surface area is 382 Å². The van der Waals surface area contributed by atoms with Crippen molar-refractivity contribution in [2.75, 3.05) is 41.5 Å². The molecule has 0 radical (unpaired) electrons. The van der Waals surface area contributed by atoms with Crippen molar-refractivity contribution in [2.24, 2.45) is 4.99 Å². The molecule has 0 aliphatic carbocycles. The van der Waals surface area contributed by atoms with Gasteiger partial charge in [0.15, 0.2) is 8.32 Å². The summed E-state index contributed by atoms with van der Waals surface area (Å²) in [6, 6.07) is 27.9. The lowest BCUT2D eigenvalue weighted by atomic mass is 9.80. The number of aliphatic imine (C=N–C) groups is 1. The van der Waals surface area contributed by atoms with E-state index >= 15 is 0 Å². The average molecular weight is 915 g/mol. The molecule has 16 heteroatoms. The molecule has 4 aromatic rings. The van der Waals surface area contributed by atoms with Gasteiger partial charge in [-0.1, -0.05) is 75.4 Å². The summed E-state index contributed by atoms with van der Waals surface area (Å²) in [5, 5.41) is 9.34. The van der Waals surface area contributed by atoms with Gasteiger partial charge in [-0.25, -0.2) is 14.6 Å². The number of aromatic nitrogens is 2. The van der Waals surface area contributed by atoms with Gasteiger partial charge in [-0.3, -0.25) is 9.78 Å². The molecule has 1 aromatic heterocycles. The minimum absolute atomic E-state index is 0.0129. The van der Waals surface area contributed by atoms with E-state index in [0.29, 0.717) is 11.5 Å². The monoisotopic (exact) mass is 914 g/mol. The van der Waals surface area contributed by atoms with Crippen molar-refractivity contribution in [1.82, 2.24) is 19.5 Å². The molecule has 2 heterocycles. The minimum atomic E-state index is -2.63. The van der Waals surface area contributed by atoms with Gasteiger partial charge in [-0.2, -0.15) is 5.26 Å². The van der Waals surface area contributed by atoms with Gasteiger partial charge in [0.05, 0.1) is 51.8 Å². The highest BCUT2D eigenvalue weighted by atomic mass is 31.2. The average Bonchev–Trinajstić information content (AvgIpc) is 3.58. The molecule has 5 atom stereocenters. The molecule has 64 heavy (non-hydrogen) atoms. The van der Waals surface area contributed by atoms with Crippen LogP contribution in [0.15, 0.2) is 94.8 Å². The van der Waals surface area contributed by atoms with Crippen LogP contribution < -0.4 is 15.0 Å². The SMILES string of the molecule is COc1ccc(C(OC[C@H]2O[C@@H](c3cnc(/N=C\N(C)C)[nH]c3=O)[C@H](O[Si](C)(C)C(C)(C)C)[C@@H]2OP(OCCC#N)N(C(C)C)C(C)C)(c2ccccc2)c2ccc(OC)cc2)cc1. The Hall–Kier alpha value is -4.49. The molecule has 0 amide bonds. The van der Waals surface area contributed by atoms with Crippen LogP contribution in [0, 0.1) is 11.3 Å². The van der Waals surface area contributed by atoms with Crippen molar-refractivity contribution in [3.63, 3.8) is 0 Å². The number of ether oxygens (including phenoxy) is 4. The third-order valence-corrected chi connectivity index (χ3v) is 18.2. The van der Waals surface area contributed by atoms with Crippen molar-refractivity contribution in [3.05, 3.63) is 118 Å². The van der Waals surface area contributed by atoms with E-state index in [0.717, 1.165) is 16.7 Å². The molecule has 346 valence electrons. The van der Waals surface area contributed by atoms with Gasteiger partial charge in [-0.15, -0.1) is 0 Å². The van der Waals surface area contributed by atoms with Crippen LogP contribution in [0.2, 0.25) is 18.1 Å². The molecule has 0 saturated carbocycles. The van der Waals surface area contributed by atoms with Crippen molar-refractivity contribution in [3.8, 4) is 17.6 Å². The maximum absolute atomic E-state index is 14.2. The number of rotatable bonds is 21. The number of hydrogen-bond donors (Lipinski definition) is 1. The second-order valence-electron chi connectivity index (χ2n) is 18.1. The van der Waals surface area contributed by atoms with Crippen LogP contribution in [0.5, 0.6) is 11.5 Å². The summed E-state index contributed by atoms with van der Waals surface area (Å²) in [7, 11) is 2.50. The summed E-state index contributed by atoms with van der Waals surface area (Å²) in [6.07, 6.45) is -0.149. The Bertz CT molecular complexity index is 2160. The molecule has 0 bridgehead atoms. The topological polar surface area (TPSA) is 153 Å². The smallest absolute Gasteiger partial charge is 0.259 e. The van der Waals surface area contributed by atoms with Gasteiger partial charge in [-0.05, 0) is 86.8 Å². The Morgan fingerprint density at radius 3 is 1.95 bits per heavy atom. The normalized spacial score (nSPS) is 18.8. The largest absolute Gasteiger partial charge is 0.497 e. The van der Waals surface area contributed by atoms with E-state index in [4.69, 9.17) is 32.4 Å². The number of hydrogen-bond acceptors (Lipinski definition) is 12. The molecule has 1 unspecified atom stereocenters. The molecule has 0 spiro atoms. The maximum atomic E-state index is 14.2. The minimum Gasteiger partial charge on any atom is -0.497 e. The number of nitrogens with one attached hydrogen (secondary N) is 1. The number of H-pyrrole nitrogens is 1. The molecular formula is C48H67N6O8PSi. The van der Waals surface area contributed by atoms with Crippen LogP contribution in [0.1, 0.15) is 83.2 Å². The molecular weight excluding hydrogens is 848 g/mol. The first-order valence-corrected chi connectivity index (χ1v) is 25.8. The molecule has 1 N–H and O–H groups in total. The number of benzene rings is 3. The third kappa shape index (κ3) is 11.8. The first kappa shape index (κ1) is 50.5. The quantitative estimate of drug-likeness (QED) is 0.0212. The summed E-state index contributed by atoms with van der Waals surface area (Å²) in [5.74, 6) is 1.55. The predicted molar refractivity (Wildman–Crippen MR) is 255 cm³/mol. The molecule has 3 aromatic carbocycles. The van der Waals surface area contributed by atoms with E-state index in [9.17, 15) is 10.1 Å². The van der Waals surface area contributed by atoms with Crippen molar-refractivity contribution >= 4 is 29.1 Å². The maximum Gasteiger partial charge on any atom is 0.259 e. The van der Waals surface area contributed by atoms with Crippen LogP contribution in [0.3, 0.4) is 0 Å². The zero-order valence-electron chi connectivity index (χ0n) is 39.7. The number of methoxy groups -OCH3 is 2. The van der Waals surface area contributed by atoms with Crippen LogP contribution in [-0.4, -0.2) is 106 Å². The highest BCUT2D eigenvalue weighted by molar-refractivity contribution is 7.44. The molecule has 5 rings (SSSR count). The Kier molecular flexibility index (Phi) is 17.5. The van der Waals surface area contributed by atoms with Gasteiger partial charge in [0.2, 0.25) is 5.95 Å². The van der Waals surface area contributed by atoms with Crippen molar-refractivity contribution < 1.29 is 32.4 Å². The molecule has 1 aliphatic heterocycles. The summed E-state index contributed by atoms with van der Waals surface area (Å²) < 4.78 is 49.2. The van der Waals surface area contributed by atoms with Crippen LogP contribution in [-0.2, 0) is 28.5 Å². The van der Waals surface area contributed by atoms with E-state index < -0.39 is 52.4 Å². The van der Waals surface area contributed by atoms with Crippen LogP contribution in [0.25, 0.3) is 0 Å². The lowest BCUT2D eigenvalue weighted by Crippen LogP contribution is -2.50. The number of nitriles is 1. The molecule has 1 aliphatic rings. The molecule has 14 nitrogen and oxygen atoms in total. The van der Waals surface area contributed by atoms with Gasteiger partial charge in [0.25, 0.3) is 14.1 Å². The Morgan fingerprint density at radius 2 is 1.47 bits per heavy atom. The van der Waals surface area contributed by atoms with Gasteiger partial charge in [0, 0.05) is 32.4 Å². The molecule has 1 fully saturated rings. The first-order valence-electron chi connectivity index (χ1n) is 21.7. The highest BCUT2D eigenvalue weighted by Gasteiger charge is 2.54. The summed E-state index contributed by atoms with van der Waals surface area (Å²) in [5.41, 5.74) is 1.21. The van der Waals surface area contributed by atoms with E-state index in [1.54, 1.807) is 25.5 Å². The van der Waals surface area contributed by atoms with Crippen molar-refractivity contribution in [2.45, 2.75) is 115 Å². The highest BCUT2D eigenvalue weighted by Crippen LogP contribution is 2.53. The zero-order valence-corrected chi connectivity index (χ0v) is 41.6. The zero-order chi connectivity index (χ0) is 46.8. The first-order chi connectivity index (χ1) is 30.4. The van der Waals surface area contributed by atoms with E-state index in [1.807, 2.05) is 93.0 Å². The van der Waals surface area contributed by atoms with Crippen LogP contribution in [0.4, 0.5) is 5.95 Å². The standard InChI is InChI=1S/C48H67N6O8PSi/c1-33(2)54(34(3)4)63(59-29-17-28-49)61-43-41(60-42(44(43)62-64(12,13)47(5,6)7)40-30-50-46(52-45(40)55)51-32-53(8)9)31-58-48(35-18-15-14-16-19-35,36-20-24-38(56-10)25-21-36)37-22-26-39(57-11)27-23-37/h14-16,18-27,30,32-34,41-44H,17,29,31H2,1-13H3,(H,50,52,55)/b51-32-/t41-,42+,43-,44+,63?/m1/s1. The number of nitrogens with zero attached hydrogens (tertiary/aromatic N) is 5. The third-order valence-electron chi connectivity index (χ3n) is 11.6. The van der Waals surface area contributed by atoms with E-state index in [1.165, 1.54) is 6.20 Å². The summed E-state index contributed by atoms with van der Waals surface area (Å²) in [4.78, 5) is 27.7. The fourth-order valence-electron chi connectivity index (χ4n) is 7.40. The van der Waals surface area contributed by atoms with Gasteiger partial charge >= 0.3 is 0 Å². The Morgan fingerprint density at radius 1 is 0.906 bits per heavy atom. The van der Waals surface area contributed by atoms with Crippen LogP contribution >= 0.6 is 8.53 Å². The second-order valence-corrected chi connectivity index (χ2v) is 24.2. The van der Waals surface area contributed by atoms with E-state index in [-0.39, 0.29) is 48.3 Å². The fourth-order valence-corrected chi connectivity index (χ4v) is 10.5. The van der Waals surface area contributed by atoms with E-state index in [2.05, 4.69) is 87.3 Å². The molecule has 1 saturated heterocycles. The fraction of sp³-hybridized carbons (Fsp3) is 0.500. The predicted octanol–water partition coefficient (Wildman–Crippen LogP) is 9.51. The van der Waals surface area contributed by atoms with Gasteiger partial charge in [0.1, 0.15) is 41.5 Å². The number of aromatic amines is 1.